The monoisotopic (exact) mass is 635 g/mol. The molecule has 3 aliphatic carbocycles. The molecule has 7 rings (SSSR count). The normalized spacial score (nSPS) is 27.1. The molecule has 47 heavy (non-hydrogen) atoms. The second-order valence-electron chi connectivity index (χ2n) is 12.9. The summed E-state index contributed by atoms with van der Waals surface area (Å²) in [5, 5.41) is 21.8. The topological polar surface area (TPSA) is 181 Å². The van der Waals surface area contributed by atoms with E-state index in [-0.39, 0.29) is 36.2 Å². The number of aryl methyl sites for hydroxylation is 1. The first-order valence-electron chi connectivity index (χ1n) is 15.8. The summed E-state index contributed by atoms with van der Waals surface area (Å²) < 4.78 is 20.2. The smallest absolute Gasteiger partial charge is 0.248 e. The summed E-state index contributed by atoms with van der Waals surface area (Å²) in [4.78, 5) is 39.5. The number of likely N-dealkylation sites (tertiary alicyclic amines) is 1. The average molecular weight is 636 g/mol. The first-order valence-corrected chi connectivity index (χ1v) is 15.8. The third-order valence-corrected chi connectivity index (χ3v) is 10.2. The zero-order chi connectivity index (χ0) is 32.9. The summed E-state index contributed by atoms with van der Waals surface area (Å²) in [6, 6.07) is 13.1. The lowest BCUT2D eigenvalue weighted by molar-refractivity contribution is -0.131. The number of nitriles is 1. The Morgan fingerprint density at radius 1 is 1.11 bits per heavy atom. The molecule has 240 valence electrons. The fraction of sp³-hybridized carbons (Fsp3) is 0.371. The van der Waals surface area contributed by atoms with Gasteiger partial charge in [-0.3, -0.25) is 14.4 Å². The summed E-state index contributed by atoms with van der Waals surface area (Å²) in [5.74, 6) is -1.10. The van der Waals surface area contributed by atoms with Gasteiger partial charge in [0.2, 0.25) is 29.5 Å². The number of halogens is 1. The number of carbonyl (C=O) groups excluding carboxylic acids is 3. The number of piperidine rings is 1. The van der Waals surface area contributed by atoms with Gasteiger partial charge >= 0.3 is 0 Å². The van der Waals surface area contributed by atoms with Gasteiger partial charge in [-0.2, -0.15) is 5.26 Å². The highest BCUT2D eigenvalue weighted by atomic mass is 19.1. The molecule has 0 bridgehead atoms. The largest absolute Gasteiger partial charge is 0.420 e. The van der Waals surface area contributed by atoms with Crippen LogP contribution in [0, 0.1) is 34.9 Å². The molecule has 1 aromatic heterocycles. The molecule has 5 N–H and O–H groups in total. The number of nitrogens with two attached hydrogens (primary N) is 2. The summed E-state index contributed by atoms with van der Waals surface area (Å²) in [5.41, 5.74) is 13.4. The van der Waals surface area contributed by atoms with Crippen molar-refractivity contribution in [3.8, 4) is 17.5 Å². The van der Waals surface area contributed by atoms with Gasteiger partial charge in [0.25, 0.3) is 0 Å². The Morgan fingerprint density at radius 3 is 2.66 bits per heavy atom. The van der Waals surface area contributed by atoms with E-state index in [1.54, 1.807) is 35.2 Å². The van der Waals surface area contributed by atoms with Gasteiger partial charge in [-0.25, -0.2) is 4.39 Å². The van der Waals surface area contributed by atoms with Gasteiger partial charge < -0.3 is 26.1 Å². The Morgan fingerprint density at radius 2 is 1.91 bits per heavy atom. The van der Waals surface area contributed by atoms with E-state index < -0.39 is 29.1 Å². The first-order chi connectivity index (χ1) is 22.7. The molecule has 12 heteroatoms. The molecule has 6 atom stereocenters. The maximum atomic E-state index is 13.7. The van der Waals surface area contributed by atoms with Crippen molar-refractivity contribution in [1.82, 2.24) is 20.4 Å². The molecule has 0 spiro atoms. The van der Waals surface area contributed by atoms with Crippen LogP contribution in [0.25, 0.3) is 11.5 Å². The summed E-state index contributed by atoms with van der Waals surface area (Å²) >= 11 is 0. The van der Waals surface area contributed by atoms with E-state index in [1.807, 2.05) is 18.2 Å². The predicted molar refractivity (Wildman–Crippen MR) is 167 cm³/mol. The Hall–Kier alpha value is -5.15. The van der Waals surface area contributed by atoms with Crippen LogP contribution in [0.4, 0.5) is 4.39 Å². The quantitative estimate of drug-likeness (QED) is 0.300. The zero-order valence-electron chi connectivity index (χ0n) is 25.6. The molecule has 2 aromatic carbocycles. The van der Waals surface area contributed by atoms with Crippen LogP contribution in [-0.4, -0.2) is 58.0 Å². The fourth-order valence-corrected chi connectivity index (χ4v) is 7.87. The van der Waals surface area contributed by atoms with Gasteiger partial charge in [0.15, 0.2) is 0 Å². The molecular weight excluding hydrogens is 601 g/mol. The lowest BCUT2D eigenvalue weighted by Crippen LogP contribution is -2.45. The molecule has 11 nitrogen and oxygen atoms in total. The lowest BCUT2D eigenvalue weighted by atomic mass is 9.62. The van der Waals surface area contributed by atoms with Crippen LogP contribution >= 0.6 is 0 Å². The molecular formula is C35H34FN7O4. The van der Waals surface area contributed by atoms with E-state index in [0.29, 0.717) is 54.3 Å². The number of amides is 3. The number of primary amides is 2. The number of nitrogens with one attached hydrogen (secondary N) is 1. The van der Waals surface area contributed by atoms with Crippen molar-refractivity contribution in [2.24, 2.45) is 29.2 Å². The maximum Gasteiger partial charge on any atom is 0.248 e. The van der Waals surface area contributed by atoms with Crippen LogP contribution in [-0.2, 0) is 21.4 Å². The van der Waals surface area contributed by atoms with E-state index in [1.165, 1.54) is 12.1 Å². The number of aromatic nitrogens is 2. The highest BCUT2D eigenvalue weighted by molar-refractivity contribution is 5.95. The number of nitrogens with zero attached hydrogens (tertiary/aromatic N) is 4. The van der Waals surface area contributed by atoms with Gasteiger partial charge in [0.05, 0.1) is 18.0 Å². The highest BCUT2D eigenvalue weighted by Crippen LogP contribution is 2.52. The molecule has 3 aromatic rings. The minimum absolute atomic E-state index is 0.0608. The van der Waals surface area contributed by atoms with Crippen molar-refractivity contribution < 1.29 is 23.2 Å². The number of benzene rings is 2. The second-order valence-corrected chi connectivity index (χ2v) is 12.9. The zero-order valence-corrected chi connectivity index (χ0v) is 25.6. The Bertz CT molecular complexity index is 1860. The van der Waals surface area contributed by atoms with Crippen molar-refractivity contribution in [1.29, 1.82) is 5.26 Å². The Kier molecular flexibility index (Phi) is 7.72. The van der Waals surface area contributed by atoms with Gasteiger partial charge in [-0.1, -0.05) is 24.3 Å². The molecule has 1 saturated carbocycles. The molecule has 1 aliphatic heterocycles. The number of allylic oxidation sites excluding steroid dienone is 2. The number of rotatable bonds is 9. The third-order valence-electron chi connectivity index (χ3n) is 10.2. The maximum absolute atomic E-state index is 13.7. The molecule has 2 heterocycles. The van der Waals surface area contributed by atoms with Crippen LogP contribution < -0.4 is 16.8 Å². The minimum Gasteiger partial charge on any atom is -0.420 e. The number of hydrogen-bond donors (Lipinski definition) is 3. The summed E-state index contributed by atoms with van der Waals surface area (Å²) in [7, 11) is 0. The highest BCUT2D eigenvalue weighted by Gasteiger charge is 2.54. The predicted octanol–water partition coefficient (Wildman–Crippen LogP) is 2.91. The third kappa shape index (κ3) is 5.40. The van der Waals surface area contributed by atoms with Crippen LogP contribution in [0.5, 0.6) is 0 Å². The van der Waals surface area contributed by atoms with E-state index in [2.05, 4.69) is 21.6 Å². The Balaban J connectivity index is 1.29. The van der Waals surface area contributed by atoms with Crippen LogP contribution in [0.2, 0.25) is 0 Å². The van der Waals surface area contributed by atoms with Crippen LogP contribution in [0.1, 0.15) is 53.1 Å². The van der Waals surface area contributed by atoms with E-state index in [4.69, 9.17) is 15.9 Å². The fourth-order valence-electron chi connectivity index (χ4n) is 7.87. The SMILES string of the molecule is N#CC1C[C@@H]2C[C@@H]2N1C(=O)CNCCC1(c2nnc(-c3ccc(F)cc3)o2)c2ccc(C(N)=O)cc2CCC2C=C(C(N)=O)C=CC21. The average Bonchev–Trinajstić information content (AvgIpc) is 3.50. The van der Waals surface area contributed by atoms with E-state index >= 15 is 0 Å². The minimum atomic E-state index is -0.978. The molecule has 1 saturated heterocycles. The summed E-state index contributed by atoms with van der Waals surface area (Å²) in [6.45, 7) is 0.422. The van der Waals surface area contributed by atoms with Crippen molar-refractivity contribution in [3.63, 3.8) is 0 Å². The molecule has 3 amide bonds. The second kappa shape index (κ2) is 11.9. The molecule has 2 fully saturated rings. The molecule has 4 aliphatic rings. The number of carbonyl (C=O) groups is 3. The molecule has 4 unspecified atom stereocenters. The number of fused-ring (bicyclic) bond motifs is 3. The molecule has 0 radical (unpaired) electrons. The van der Waals surface area contributed by atoms with Crippen molar-refractivity contribution in [2.75, 3.05) is 13.1 Å². The van der Waals surface area contributed by atoms with Crippen LogP contribution in [0.3, 0.4) is 0 Å². The van der Waals surface area contributed by atoms with Crippen molar-refractivity contribution in [2.45, 2.75) is 49.6 Å². The van der Waals surface area contributed by atoms with Gasteiger partial charge in [-0.05, 0) is 98.0 Å². The summed E-state index contributed by atoms with van der Waals surface area (Å²) in [6.07, 6.45) is 8.85. The number of hydrogen-bond acceptors (Lipinski definition) is 8. The van der Waals surface area contributed by atoms with Crippen molar-refractivity contribution in [3.05, 3.63) is 94.7 Å². The van der Waals surface area contributed by atoms with Crippen molar-refractivity contribution >= 4 is 17.7 Å². The van der Waals surface area contributed by atoms with Crippen LogP contribution in [0.15, 0.2) is 70.7 Å². The van der Waals surface area contributed by atoms with Gasteiger partial charge in [-0.15, -0.1) is 10.2 Å². The lowest BCUT2D eigenvalue weighted by Gasteiger charge is -2.41. The van der Waals surface area contributed by atoms with Gasteiger partial charge in [0.1, 0.15) is 11.9 Å². The van der Waals surface area contributed by atoms with Gasteiger partial charge in [0, 0.05) is 28.7 Å². The standard InChI is InChI=1S/C35H34FN7O4/c36-25-7-3-19(4-8-25)33-41-42-34(47-33)35(11-12-40-18-30(44)43-26(17-37)15-24-16-29(24)43)27-9-5-22(31(38)45)13-20(27)1-2-21-14-23(32(39)46)6-10-28(21)35/h3-10,13-14,20,24,26-27,29,40H,1-2,11-12,15-16,18H2,(H2,38,45)(H2,39,46)/t20?,24-,26?,27?,29+,35?/m1/s1. The first kappa shape index (κ1) is 30.5. The Labute approximate surface area is 270 Å². The van der Waals surface area contributed by atoms with E-state index in [0.717, 1.165) is 24.0 Å². The van der Waals surface area contributed by atoms with E-state index in [9.17, 15) is 24.0 Å².